The molecule has 0 bridgehead atoms. The van der Waals surface area contributed by atoms with Crippen molar-refractivity contribution in [2.45, 2.75) is 6.42 Å². The first-order chi connectivity index (χ1) is 9.40. The number of carbonyl (C=O) groups excluding carboxylic acids is 1. The Morgan fingerprint density at radius 1 is 1.40 bits per heavy atom. The number of amides is 1. The number of rotatable bonds is 5. The Kier molecular flexibility index (Phi) is 4.29. The van der Waals surface area contributed by atoms with E-state index in [1.807, 2.05) is 6.07 Å². The smallest absolute Gasteiger partial charge is 0.251 e. The number of benzene rings is 1. The Labute approximate surface area is 119 Å². The molecule has 0 spiro atoms. The molecule has 1 aromatic rings. The van der Waals surface area contributed by atoms with E-state index in [4.69, 9.17) is 0 Å². The number of nitrogens with one attached hydrogen (secondary N) is 2. The molecule has 110 valence electrons. The SMILES string of the molecule is CN(C)S(=O)(=O)CCNC(=O)c1ccc2c(c1)NCC2. The predicted molar refractivity (Wildman–Crippen MR) is 78.4 cm³/mol. The zero-order valence-electron chi connectivity index (χ0n) is 11.6. The van der Waals surface area contributed by atoms with Gasteiger partial charge in [-0.3, -0.25) is 4.79 Å². The van der Waals surface area contributed by atoms with E-state index in [0.29, 0.717) is 5.56 Å². The maximum absolute atomic E-state index is 12.0. The highest BCUT2D eigenvalue weighted by atomic mass is 32.2. The lowest BCUT2D eigenvalue weighted by molar-refractivity contribution is 0.0956. The van der Waals surface area contributed by atoms with Crippen molar-refractivity contribution >= 4 is 21.6 Å². The topological polar surface area (TPSA) is 78.5 Å². The van der Waals surface area contributed by atoms with Crippen LogP contribution in [-0.2, 0) is 16.4 Å². The van der Waals surface area contributed by atoms with Gasteiger partial charge in [0.25, 0.3) is 5.91 Å². The molecule has 1 amide bonds. The lowest BCUT2D eigenvalue weighted by Gasteiger charge is -2.12. The van der Waals surface area contributed by atoms with Gasteiger partial charge in [0.05, 0.1) is 5.75 Å². The zero-order valence-corrected chi connectivity index (χ0v) is 12.5. The van der Waals surface area contributed by atoms with Crippen LogP contribution in [0.15, 0.2) is 18.2 Å². The van der Waals surface area contributed by atoms with Gasteiger partial charge < -0.3 is 10.6 Å². The molecule has 7 heteroatoms. The van der Waals surface area contributed by atoms with Crippen molar-refractivity contribution in [2.24, 2.45) is 0 Å². The van der Waals surface area contributed by atoms with Crippen LogP contribution in [0.1, 0.15) is 15.9 Å². The van der Waals surface area contributed by atoms with Crippen LogP contribution in [-0.4, -0.2) is 51.6 Å². The van der Waals surface area contributed by atoms with Crippen molar-refractivity contribution in [3.8, 4) is 0 Å². The average Bonchev–Trinajstić information content (AvgIpc) is 2.85. The highest BCUT2D eigenvalue weighted by Gasteiger charge is 2.16. The van der Waals surface area contributed by atoms with Gasteiger partial charge in [0.1, 0.15) is 0 Å². The van der Waals surface area contributed by atoms with Crippen LogP contribution in [0.3, 0.4) is 0 Å². The van der Waals surface area contributed by atoms with Crippen molar-refractivity contribution in [2.75, 3.05) is 38.3 Å². The van der Waals surface area contributed by atoms with Crippen molar-refractivity contribution in [3.63, 3.8) is 0 Å². The molecule has 1 heterocycles. The van der Waals surface area contributed by atoms with Gasteiger partial charge in [0.2, 0.25) is 10.0 Å². The number of hydrogen-bond donors (Lipinski definition) is 2. The molecule has 6 nitrogen and oxygen atoms in total. The first-order valence-electron chi connectivity index (χ1n) is 6.45. The average molecular weight is 297 g/mol. The summed E-state index contributed by atoms with van der Waals surface area (Å²) in [4.78, 5) is 12.0. The summed E-state index contributed by atoms with van der Waals surface area (Å²) in [7, 11) is -0.328. The van der Waals surface area contributed by atoms with Crippen molar-refractivity contribution in [1.82, 2.24) is 9.62 Å². The van der Waals surface area contributed by atoms with E-state index in [1.54, 1.807) is 12.1 Å². The lowest BCUT2D eigenvalue weighted by atomic mass is 10.1. The number of nitrogens with zero attached hydrogens (tertiary/aromatic N) is 1. The van der Waals surface area contributed by atoms with Gasteiger partial charge in [0.15, 0.2) is 0 Å². The number of sulfonamides is 1. The van der Waals surface area contributed by atoms with E-state index in [-0.39, 0.29) is 18.2 Å². The van der Waals surface area contributed by atoms with Crippen LogP contribution in [0.5, 0.6) is 0 Å². The van der Waals surface area contributed by atoms with Gasteiger partial charge in [-0.05, 0) is 24.1 Å². The molecule has 0 unspecified atom stereocenters. The van der Waals surface area contributed by atoms with E-state index in [9.17, 15) is 13.2 Å². The summed E-state index contributed by atoms with van der Waals surface area (Å²) in [5.41, 5.74) is 2.73. The van der Waals surface area contributed by atoms with Crippen LogP contribution in [0.2, 0.25) is 0 Å². The van der Waals surface area contributed by atoms with E-state index in [0.717, 1.165) is 23.0 Å². The van der Waals surface area contributed by atoms with Crippen LogP contribution < -0.4 is 10.6 Å². The molecule has 0 aromatic heterocycles. The molecule has 0 saturated heterocycles. The minimum Gasteiger partial charge on any atom is -0.384 e. The van der Waals surface area contributed by atoms with Gasteiger partial charge in [-0.1, -0.05) is 6.07 Å². The van der Waals surface area contributed by atoms with E-state index < -0.39 is 10.0 Å². The number of fused-ring (bicyclic) bond motifs is 1. The van der Waals surface area contributed by atoms with Crippen LogP contribution >= 0.6 is 0 Å². The predicted octanol–water partition coefficient (Wildman–Crippen LogP) is 0.276. The van der Waals surface area contributed by atoms with Gasteiger partial charge in [-0.2, -0.15) is 0 Å². The fraction of sp³-hybridized carbons (Fsp3) is 0.462. The molecule has 1 aliphatic heterocycles. The number of anilines is 1. The highest BCUT2D eigenvalue weighted by Crippen LogP contribution is 2.23. The summed E-state index contributed by atoms with van der Waals surface area (Å²) < 4.78 is 24.3. The molecule has 20 heavy (non-hydrogen) atoms. The standard InChI is InChI=1S/C13H19N3O3S/c1-16(2)20(18,19)8-7-15-13(17)11-4-3-10-5-6-14-12(10)9-11/h3-4,9,14H,5-8H2,1-2H3,(H,15,17). The third kappa shape index (κ3) is 3.29. The van der Waals surface area contributed by atoms with Crippen LogP contribution in [0, 0.1) is 0 Å². The van der Waals surface area contributed by atoms with Crippen LogP contribution in [0.25, 0.3) is 0 Å². The molecule has 0 atom stereocenters. The number of hydrogen-bond acceptors (Lipinski definition) is 4. The minimum atomic E-state index is -3.28. The van der Waals surface area contributed by atoms with Gasteiger partial charge in [0, 0.05) is 38.4 Å². The summed E-state index contributed by atoms with van der Waals surface area (Å²) >= 11 is 0. The monoisotopic (exact) mass is 297 g/mol. The fourth-order valence-electron chi connectivity index (χ4n) is 2.01. The van der Waals surface area contributed by atoms with E-state index in [1.165, 1.54) is 19.7 Å². The maximum atomic E-state index is 12.0. The number of carbonyl (C=O) groups is 1. The molecular formula is C13H19N3O3S. The van der Waals surface area contributed by atoms with E-state index >= 15 is 0 Å². The summed E-state index contributed by atoms with van der Waals surface area (Å²) in [6, 6.07) is 5.50. The third-order valence-electron chi connectivity index (χ3n) is 3.28. The second kappa shape index (κ2) is 5.80. The van der Waals surface area contributed by atoms with Crippen LogP contribution in [0.4, 0.5) is 5.69 Å². The second-order valence-electron chi connectivity index (χ2n) is 4.90. The Hall–Kier alpha value is -1.60. The van der Waals surface area contributed by atoms with Crippen molar-refractivity contribution < 1.29 is 13.2 Å². The molecule has 0 fully saturated rings. The van der Waals surface area contributed by atoms with Gasteiger partial charge in [-0.25, -0.2) is 12.7 Å². The molecule has 0 radical (unpaired) electrons. The van der Waals surface area contributed by atoms with Crippen molar-refractivity contribution in [3.05, 3.63) is 29.3 Å². The summed E-state index contributed by atoms with van der Waals surface area (Å²) in [5.74, 6) is -0.356. The molecule has 0 aliphatic carbocycles. The largest absolute Gasteiger partial charge is 0.384 e. The van der Waals surface area contributed by atoms with E-state index in [2.05, 4.69) is 10.6 Å². The lowest BCUT2D eigenvalue weighted by Crippen LogP contribution is -2.33. The normalized spacial score (nSPS) is 13.9. The van der Waals surface area contributed by atoms with Gasteiger partial charge in [-0.15, -0.1) is 0 Å². The quantitative estimate of drug-likeness (QED) is 0.818. The Balaban J connectivity index is 1.93. The third-order valence-corrected chi connectivity index (χ3v) is 5.12. The Morgan fingerprint density at radius 2 is 2.15 bits per heavy atom. The summed E-state index contributed by atoms with van der Waals surface area (Å²) in [6.07, 6.45) is 0.971. The molecule has 1 aromatic carbocycles. The first kappa shape index (κ1) is 14.8. The molecule has 2 N–H and O–H groups in total. The maximum Gasteiger partial charge on any atom is 0.251 e. The van der Waals surface area contributed by atoms with Gasteiger partial charge >= 0.3 is 0 Å². The summed E-state index contributed by atoms with van der Waals surface area (Å²) in [6.45, 7) is 0.991. The summed E-state index contributed by atoms with van der Waals surface area (Å²) in [5, 5.41) is 5.84. The minimum absolute atomic E-state index is 0.101. The molecular weight excluding hydrogens is 278 g/mol. The second-order valence-corrected chi connectivity index (χ2v) is 7.21. The fourth-order valence-corrected chi connectivity index (χ4v) is 2.74. The van der Waals surface area contributed by atoms with Crippen molar-refractivity contribution in [1.29, 1.82) is 0 Å². The molecule has 0 saturated carbocycles. The zero-order chi connectivity index (χ0) is 14.8. The molecule has 1 aliphatic rings. The first-order valence-corrected chi connectivity index (χ1v) is 8.06. The highest BCUT2D eigenvalue weighted by molar-refractivity contribution is 7.89. The Bertz CT molecular complexity index is 611. The Morgan fingerprint density at radius 3 is 2.85 bits per heavy atom. The molecule has 2 rings (SSSR count).